The molecule has 2 heteroatoms. The molecule has 0 amide bonds. The lowest BCUT2D eigenvalue weighted by molar-refractivity contribution is 0.303. The second-order valence-corrected chi connectivity index (χ2v) is 5.68. The molecule has 0 aliphatic heterocycles. The minimum absolute atomic E-state index is 0.472. The van der Waals surface area contributed by atoms with Crippen LogP contribution in [0.3, 0.4) is 0 Å². The minimum Gasteiger partial charge on any atom is -0.490 e. The van der Waals surface area contributed by atoms with Crippen LogP contribution in [0.25, 0.3) is 6.08 Å². The Morgan fingerprint density at radius 2 is 2.21 bits per heavy atom. The highest BCUT2D eigenvalue weighted by Gasteiger charge is 2.23. The van der Waals surface area contributed by atoms with E-state index in [1.54, 1.807) is 0 Å². The molecule has 0 heterocycles. The van der Waals surface area contributed by atoms with E-state index in [0.29, 0.717) is 6.10 Å². The molecule has 1 aromatic rings. The fraction of sp³-hybridized carbons (Fsp3) is 0.529. The Kier molecular flexibility index (Phi) is 5.46. The van der Waals surface area contributed by atoms with Crippen molar-refractivity contribution in [3.8, 4) is 5.75 Å². The summed E-state index contributed by atoms with van der Waals surface area (Å²) in [4.78, 5) is 0. The summed E-state index contributed by atoms with van der Waals surface area (Å²) in [5.41, 5.74) is 1.22. The fourth-order valence-corrected chi connectivity index (χ4v) is 1.87. The van der Waals surface area contributed by atoms with Crippen LogP contribution in [0.4, 0.5) is 0 Å². The first kappa shape index (κ1) is 14.1. The first-order chi connectivity index (χ1) is 9.24. The number of hydrogen-bond acceptors (Lipinski definition) is 2. The molecule has 104 valence electrons. The predicted molar refractivity (Wildman–Crippen MR) is 81.5 cm³/mol. The highest BCUT2D eigenvalue weighted by molar-refractivity contribution is 5.51. The molecule has 0 radical (unpaired) electrons. The van der Waals surface area contributed by atoms with E-state index in [1.165, 1.54) is 18.4 Å². The molecule has 2 rings (SSSR count). The molecule has 1 N–H and O–H groups in total. The maximum absolute atomic E-state index is 5.79. The number of ether oxygens (including phenoxy) is 1. The van der Waals surface area contributed by atoms with Crippen molar-refractivity contribution in [3.05, 3.63) is 35.9 Å². The van der Waals surface area contributed by atoms with Gasteiger partial charge in [-0.15, -0.1) is 0 Å². The van der Waals surface area contributed by atoms with Crippen LogP contribution >= 0.6 is 0 Å². The Hall–Kier alpha value is -1.28. The van der Waals surface area contributed by atoms with Crippen molar-refractivity contribution in [1.29, 1.82) is 0 Å². The molecule has 1 aliphatic rings. The Balaban J connectivity index is 1.71. The summed E-state index contributed by atoms with van der Waals surface area (Å²) in [7, 11) is 0. The summed E-state index contributed by atoms with van der Waals surface area (Å²) in [6.07, 6.45) is 8.36. The average Bonchev–Trinajstić information content (AvgIpc) is 3.18. The topological polar surface area (TPSA) is 21.3 Å². The summed E-state index contributed by atoms with van der Waals surface area (Å²) in [5, 5.41) is 3.44. The van der Waals surface area contributed by atoms with E-state index in [-0.39, 0.29) is 0 Å². The molecule has 0 atom stereocenters. The van der Waals surface area contributed by atoms with Gasteiger partial charge in [0.05, 0.1) is 6.10 Å². The number of rotatable bonds is 8. The van der Waals surface area contributed by atoms with Gasteiger partial charge in [0.25, 0.3) is 0 Å². The summed E-state index contributed by atoms with van der Waals surface area (Å²) < 4.78 is 5.79. The second-order valence-electron chi connectivity index (χ2n) is 5.68. The summed E-state index contributed by atoms with van der Waals surface area (Å²) in [6, 6.07) is 8.35. The molecule has 1 fully saturated rings. The number of hydrogen-bond donors (Lipinski definition) is 1. The van der Waals surface area contributed by atoms with Gasteiger partial charge in [0.15, 0.2) is 0 Å². The third-order valence-electron chi connectivity index (χ3n) is 3.04. The highest BCUT2D eigenvalue weighted by Crippen LogP contribution is 2.27. The van der Waals surface area contributed by atoms with Gasteiger partial charge in [0.1, 0.15) is 5.75 Å². The van der Waals surface area contributed by atoms with E-state index in [4.69, 9.17) is 4.74 Å². The SMILES string of the molecule is CC(C)CNCC/C=C/c1cccc(OC2CC2)c1. The van der Waals surface area contributed by atoms with Crippen molar-refractivity contribution in [1.82, 2.24) is 5.32 Å². The van der Waals surface area contributed by atoms with Crippen LogP contribution in [-0.4, -0.2) is 19.2 Å². The molecule has 0 bridgehead atoms. The van der Waals surface area contributed by atoms with Crippen molar-refractivity contribution in [2.45, 2.75) is 39.2 Å². The molecule has 1 saturated carbocycles. The van der Waals surface area contributed by atoms with Crippen molar-refractivity contribution >= 4 is 6.08 Å². The lowest BCUT2D eigenvalue weighted by Gasteiger charge is -2.05. The molecule has 2 nitrogen and oxygen atoms in total. The monoisotopic (exact) mass is 259 g/mol. The molecular weight excluding hydrogens is 234 g/mol. The minimum atomic E-state index is 0.472. The normalized spacial score (nSPS) is 15.3. The zero-order valence-corrected chi connectivity index (χ0v) is 12.1. The van der Waals surface area contributed by atoms with Crippen molar-refractivity contribution in [3.63, 3.8) is 0 Å². The van der Waals surface area contributed by atoms with E-state index in [1.807, 2.05) is 6.07 Å². The highest BCUT2D eigenvalue weighted by atomic mass is 16.5. The van der Waals surface area contributed by atoms with Gasteiger partial charge in [0.2, 0.25) is 0 Å². The van der Waals surface area contributed by atoms with Gasteiger partial charge in [-0.3, -0.25) is 0 Å². The van der Waals surface area contributed by atoms with Crippen LogP contribution in [0.2, 0.25) is 0 Å². The van der Waals surface area contributed by atoms with Crippen LogP contribution in [0.5, 0.6) is 5.75 Å². The molecule has 0 unspecified atom stereocenters. The third kappa shape index (κ3) is 5.93. The zero-order valence-electron chi connectivity index (χ0n) is 12.1. The third-order valence-corrected chi connectivity index (χ3v) is 3.04. The molecule has 1 aliphatic carbocycles. The van der Waals surface area contributed by atoms with Crippen molar-refractivity contribution in [2.75, 3.05) is 13.1 Å². The standard InChI is InChI=1S/C17H25NO/c1-14(2)13-18-11-4-3-6-15-7-5-8-17(12-15)19-16-9-10-16/h3,5-8,12,14,16,18H,4,9-11,13H2,1-2H3/b6-3+. The number of nitrogens with one attached hydrogen (secondary N) is 1. The van der Waals surface area contributed by atoms with Gasteiger partial charge in [-0.25, -0.2) is 0 Å². The summed E-state index contributed by atoms with van der Waals surface area (Å²) in [5.74, 6) is 1.72. The Morgan fingerprint density at radius 3 is 2.95 bits per heavy atom. The van der Waals surface area contributed by atoms with E-state index in [9.17, 15) is 0 Å². The van der Waals surface area contributed by atoms with Crippen LogP contribution in [0.15, 0.2) is 30.3 Å². The van der Waals surface area contributed by atoms with Crippen LogP contribution in [-0.2, 0) is 0 Å². The van der Waals surface area contributed by atoms with Gasteiger partial charge in [0, 0.05) is 0 Å². The van der Waals surface area contributed by atoms with Crippen molar-refractivity contribution in [2.24, 2.45) is 5.92 Å². The quantitative estimate of drug-likeness (QED) is 0.715. The Labute approximate surface area is 116 Å². The first-order valence-electron chi connectivity index (χ1n) is 7.38. The average molecular weight is 259 g/mol. The smallest absolute Gasteiger partial charge is 0.120 e. The lowest BCUT2D eigenvalue weighted by atomic mass is 10.2. The molecule has 0 spiro atoms. The molecule has 1 aromatic carbocycles. The predicted octanol–water partition coefficient (Wildman–Crippen LogP) is 3.88. The van der Waals surface area contributed by atoms with E-state index >= 15 is 0 Å². The van der Waals surface area contributed by atoms with E-state index < -0.39 is 0 Å². The lowest BCUT2D eigenvalue weighted by Crippen LogP contribution is -2.20. The first-order valence-corrected chi connectivity index (χ1v) is 7.38. The van der Waals surface area contributed by atoms with E-state index in [0.717, 1.165) is 31.2 Å². The fourth-order valence-electron chi connectivity index (χ4n) is 1.87. The summed E-state index contributed by atoms with van der Waals surface area (Å²) >= 11 is 0. The van der Waals surface area contributed by atoms with Gasteiger partial charge in [-0.1, -0.05) is 38.1 Å². The van der Waals surface area contributed by atoms with E-state index in [2.05, 4.69) is 49.5 Å². The molecule has 19 heavy (non-hydrogen) atoms. The van der Waals surface area contributed by atoms with Crippen molar-refractivity contribution < 1.29 is 4.74 Å². The molecule has 0 saturated heterocycles. The van der Waals surface area contributed by atoms with Gasteiger partial charge < -0.3 is 10.1 Å². The maximum Gasteiger partial charge on any atom is 0.120 e. The van der Waals surface area contributed by atoms with Gasteiger partial charge in [-0.05, 0) is 56.0 Å². The van der Waals surface area contributed by atoms with Crippen LogP contribution < -0.4 is 10.1 Å². The molecular formula is C17H25NO. The van der Waals surface area contributed by atoms with Gasteiger partial charge >= 0.3 is 0 Å². The molecule has 0 aromatic heterocycles. The largest absolute Gasteiger partial charge is 0.490 e. The second kappa shape index (κ2) is 7.34. The zero-order chi connectivity index (χ0) is 13.5. The number of benzene rings is 1. The van der Waals surface area contributed by atoms with Crippen LogP contribution in [0.1, 0.15) is 38.7 Å². The Morgan fingerprint density at radius 1 is 1.37 bits per heavy atom. The Bertz CT molecular complexity index is 407. The summed E-state index contributed by atoms with van der Waals surface area (Å²) in [6.45, 7) is 6.61. The van der Waals surface area contributed by atoms with Gasteiger partial charge in [-0.2, -0.15) is 0 Å². The maximum atomic E-state index is 5.79. The van der Waals surface area contributed by atoms with Crippen LogP contribution in [0, 0.1) is 5.92 Å².